The first-order chi connectivity index (χ1) is 6.18. The van der Waals surface area contributed by atoms with Crippen LogP contribution in [0.15, 0.2) is 12.3 Å². The second-order valence-corrected chi connectivity index (χ2v) is 3.76. The summed E-state index contributed by atoms with van der Waals surface area (Å²) in [6.07, 6.45) is 2.08. The quantitative estimate of drug-likeness (QED) is 0.692. The second kappa shape index (κ2) is 2.91. The van der Waals surface area contributed by atoms with E-state index in [-0.39, 0.29) is 5.91 Å². The van der Waals surface area contributed by atoms with Gasteiger partial charge in [-0.3, -0.25) is 4.79 Å². The number of aromatic nitrogens is 1. The molecule has 3 heteroatoms. The predicted octanol–water partition coefficient (Wildman–Crippen LogP) is 1.35. The van der Waals surface area contributed by atoms with E-state index in [4.69, 9.17) is 0 Å². The maximum absolute atomic E-state index is 11.4. The number of amides is 1. The van der Waals surface area contributed by atoms with Crippen molar-refractivity contribution in [1.29, 1.82) is 0 Å². The number of carbonyl (C=O) groups excluding carboxylic acids is 1. The van der Waals surface area contributed by atoms with Gasteiger partial charge in [0.15, 0.2) is 0 Å². The minimum absolute atomic E-state index is 0.0538. The van der Waals surface area contributed by atoms with Gasteiger partial charge in [0.05, 0.1) is 0 Å². The Morgan fingerprint density at radius 1 is 1.54 bits per heavy atom. The van der Waals surface area contributed by atoms with Crippen molar-refractivity contribution >= 4 is 5.91 Å². The summed E-state index contributed by atoms with van der Waals surface area (Å²) in [5.74, 6) is 0.545. The molecule has 70 valence electrons. The van der Waals surface area contributed by atoms with Crippen LogP contribution in [-0.4, -0.2) is 17.0 Å². The monoisotopic (exact) mass is 178 g/mol. The predicted molar refractivity (Wildman–Crippen MR) is 50.9 cm³/mol. The fraction of sp³-hybridized carbons (Fsp3) is 0.500. The van der Waals surface area contributed by atoms with Gasteiger partial charge in [0.2, 0.25) is 0 Å². The lowest BCUT2D eigenvalue weighted by molar-refractivity contribution is 0.0928. The number of rotatable bonds is 1. The van der Waals surface area contributed by atoms with E-state index >= 15 is 0 Å². The van der Waals surface area contributed by atoms with Gasteiger partial charge >= 0.3 is 0 Å². The summed E-state index contributed by atoms with van der Waals surface area (Å²) >= 11 is 0. The first-order valence-corrected chi connectivity index (χ1v) is 4.67. The van der Waals surface area contributed by atoms with E-state index in [0.29, 0.717) is 5.92 Å². The van der Waals surface area contributed by atoms with E-state index in [1.807, 2.05) is 10.6 Å². The number of carbonyl (C=O) groups is 1. The molecular weight excluding hydrogens is 164 g/mol. The van der Waals surface area contributed by atoms with Gasteiger partial charge in [-0.1, -0.05) is 13.8 Å². The van der Waals surface area contributed by atoms with E-state index in [9.17, 15) is 4.79 Å². The van der Waals surface area contributed by atoms with Crippen LogP contribution in [-0.2, 0) is 6.54 Å². The van der Waals surface area contributed by atoms with Crippen molar-refractivity contribution in [3.8, 4) is 0 Å². The minimum Gasteiger partial charge on any atom is -0.349 e. The highest BCUT2D eigenvalue weighted by molar-refractivity contribution is 5.93. The molecule has 0 spiro atoms. The van der Waals surface area contributed by atoms with E-state index in [0.717, 1.165) is 18.8 Å². The Bertz CT molecular complexity index is 339. The molecule has 1 N–H and O–H groups in total. The van der Waals surface area contributed by atoms with Crippen molar-refractivity contribution in [3.05, 3.63) is 23.5 Å². The van der Waals surface area contributed by atoms with Gasteiger partial charge in [0.1, 0.15) is 5.69 Å². The number of hydrogen-bond donors (Lipinski definition) is 1. The highest BCUT2D eigenvalue weighted by Crippen LogP contribution is 2.19. The van der Waals surface area contributed by atoms with E-state index in [2.05, 4.69) is 25.4 Å². The zero-order valence-corrected chi connectivity index (χ0v) is 8.00. The summed E-state index contributed by atoms with van der Waals surface area (Å²) in [6, 6.07) is 1.99. The Hall–Kier alpha value is -1.25. The van der Waals surface area contributed by atoms with Crippen LogP contribution in [0.25, 0.3) is 0 Å². The first kappa shape index (κ1) is 8.35. The van der Waals surface area contributed by atoms with Crippen LogP contribution in [0.1, 0.15) is 35.8 Å². The number of nitrogens with zero attached hydrogens (tertiary/aromatic N) is 1. The van der Waals surface area contributed by atoms with Crippen molar-refractivity contribution < 1.29 is 4.79 Å². The summed E-state index contributed by atoms with van der Waals surface area (Å²) < 4.78 is 2.04. The minimum atomic E-state index is 0.0538. The van der Waals surface area contributed by atoms with Gasteiger partial charge in [0, 0.05) is 19.3 Å². The van der Waals surface area contributed by atoms with Crippen LogP contribution in [0.5, 0.6) is 0 Å². The SMILES string of the molecule is CC(C)c1cc2n(c1)CCNC2=O. The molecule has 2 heterocycles. The Labute approximate surface area is 77.7 Å². The Morgan fingerprint density at radius 3 is 2.92 bits per heavy atom. The van der Waals surface area contributed by atoms with Gasteiger partial charge in [-0.2, -0.15) is 0 Å². The third-order valence-corrected chi connectivity index (χ3v) is 2.46. The average molecular weight is 178 g/mol. The molecule has 0 bridgehead atoms. The molecule has 0 saturated heterocycles. The summed E-state index contributed by atoms with van der Waals surface area (Å²) in [4.78, 5) is 11.4. The van der Waals surface area contributed by atoms with Crippen LogP contribution in [0, 0.1) is 0 Å². The molecule has 1 aliphatic heterocycles. The number of fused-ring (bicyclic) bond motifs is 1. The third kappa shape index (κ3) is 1.34. The molecule has 1 amide bonds. The Kier molecular flexibility index (Phi) is 1.87. The molecule has 0 atom stereocenters. The third-order valence-electron chi connectivity index (χ3n) is 2.46. The number of nitrogens with one attached hydrogen (secondary N) is 1. The molecule has 3 nitrogen and oxygen atoms in total. The van der Waals surface area contributed by atoms with Crippen LogP contribution in [0.3, 0.4) is 0 Å². The summed E-state index contributed by atoms with van der Waals surface area (Å²) in [6.45, 7) is 5.92. The van der Waals surface area contributed by atoms with Crippen LogP contribution < -0.4 is 5.32 Å². The standard InChI is InChI=1S/C10H14N2O/c1-7(2)8-5-9-10(13)11-3-4-12(9)6-8/h5-7H,3-4H2,1-2H3,(H,11,13). The highest BCUT2D eigenvalue weighted by atomic mass is 16.2. The molecule has 2 rings (SSSR count). The molecule has 0 fully saturated rings. The molecule has 13 heavy (non-hydrogen) atoms. The largest absolute Gasteiger partial charge is 0.349 e. The average Bonchev–Trinajstić information content (AvgIpc) is 2.49. The van der Waals surface area contributed by atoms with Crippen molar-refractivity contribution in [1.82, 2.24) is 9.88 Å². The fourth-order valence-electron chi connectivity index (χ4n) is 1.60. The molecule has 0 aliphatic carbocycles. The van der Waals surface area contributed by atoms with Crippen molar-refractivity contribution in [3.63, 3.8) is 0 Å². The lowest BCUT2D eigenvalue weighted by Crippen LogP contribution is -2.34. The molecule has 0 radical (unpaired) electrons. The van der Waals surface area contributed by atoms with E-state index < -0.39 is 0 Å². The van der Waals surface area contributed by atoms with Gasteiger partial charge in [-0.25, -0.2) is 0 Å². The topological polar surface area (TPSA) is 34.0 Å². The van der Waals surface area contributed by atoms with Crippen molar-refractivity contribution in [2.24, 2.45) is 0 Å². The molecule has 1 aliphatic rings. The molecule has 1 aromatic rings. The highest BCUT2D eigenvalue weighted by Gasteiger charge is 2.18. The van der Waals surface area contributed by atoms with Crippen LogP contribution >= 0.6 is 0 Å². The maximum atomic E-state index is 11.4. The molecule has 0 saturated carbocycles. The first-order valence-electron chi connectivity index (χ1n) is 4.67. The fourth-order valence-corrected chi connectivity index (χ4v) is 1.60. The maximum Gasteiger partial charge on any atom is 0.267 e. The molecular formula is C10H14N2O. The Morgan fingerprint density at radius 2 is 2.31 bits per heavy atom. The molecule has 0 unspecified atom stereocenters. The van der Waals surface area contributed by atoms with E-state index in [1.54, 1.807) is 0 Å². The molecule has 1 aromatic heterocycles. The van der Waals surface area contributed by atoms with Gasteiger partial charge in [-0.05, 0) is 17.5 Å². The normalized spacial score (nSPS) is 15.8. The summed E-state index contributed by atoms with van der Waals surface area (Å²) in [5, 5.41) is 2.83. The van der Waals surface area contributed by atoms with Gasteiger partial charge in [-0.15, -0.1) is 0 Å². The zero-order chi connectivity index (χ0) is 9.42. The zero-order valence-electron chi connectivity index (χ0n) is 8.00. The van der Waals surface area contributed by atoms with E-state index in [1.165, 1.54) is 5.56 Å². The molecule has 0 aromatic carbocycles. The van der Waals surface area contributed by atoms with Crippen molar-refractivity contribution in [2.75, 3.05) is 6.54 Å². The summed E-state index contributed by atoms with van der Waals surface area (Å²) in [7, 11) is 0. The lowest BCUT2D eigenvalue weighted by atomic mass is 10.1. The van der Waals surface area contributed by atoms with Crippen LogP contribution in [0.2, 0.25) is 0 Å². The van der Waals surface area contributed by atoms with Gasteiger partial charge in [0.25, 0.3) is 5.91 Å². The van der Waals surface area contributed by atoms with Crippen LogP contribution in [0.4, 0.5) is 0 Å². The van der Waals surface area contributed by atoms with Crippen molar-refractivity contribution in [2.45, 2.75) is 26.3 Å². The lowest BCUT2D eigenvalue weighted by Gasteiger charge is -2.14. The summed E-state index contributed by atoms with van der Waals surface area (Å²) in [5.41, 5.74) is 2.04. The van der Waals surface area contributed by atoms with Gasteiger partial charge < -0.3 is 9.88 Å². The Balaban J connectivity index is 2.42. The number of hydrogen-bond acceptors (Lipinski definition) is 1. The second-order valence-electron chi connectivity index (χ2n) is 3.76. The smallest absolute Gasteiger partial charge is 0.267 e.